The van der Waals surface area contributed by atoms with Crippen LogP contribution in [0.5, 0.6) is 0 Å². The highest BCUT2D eigenvalue weighted by Crippen LogP contribution is 2.29. The van der Waals surface area contributed by atoms with Crippen LogP contribution in [0.3, 0.4) is 0 Å². The maximum absolute atomic E-state index is 4.10. The molecule has 1 heteroatoms. The molecule has 1 nitrogen and oxygen atoms in total. The minimum Gasteiger partial charge on any atom is -0.345 e. The topological polar surface area (TPSA) is 3.24 Å². The van der Waals surface area contributed by atoms with E-state index in [9.17, 15) is 0 Å². The van der Waals surface area contributed by atoms with Gasteiger partial charge in [-0.1, -0.05) is 19.6 Å². The van der Waals surface area contributed by atoms with Gasteiger partial charge in [-0.2, -0.15) is 0 Å². The van der Waals surface area contributed by atoms with E-state index in [0.29, 0.717) is 0 Å². The molecule has 0 spiro atoms. The molecule has 0 aliphatic carbocycles. The largest absolute Gasteiger partial charge is 0.345 e. The van der Waals surface area contributed by atoms with E-state index in [1.807, 2.05) is 0 Å². The van der Waals surface area contributed by atoms with Gasteiger partial charge in [0.25, 0.3) is 0 Å². The summed E-state index contributed by atoms with van der Waals surface area (Å²) in [6.45, 7) is 13.8. The Morgan fingerprint density at radius 1 is 1.31 bits per heavy atom. The second-order valence-corrected chi connectivity index (χ2v) is 3.50. The molecule has 1 aliphatic heterocycles. The number of allylic oxidation sites excluding steroid dienone is 4. The summed E-state index contributed by atoms with van der Waals surface area (Å²) in [5.74, 6) is 0. The van der Waals surface area contributed by atoms with Crippen molar-refractivity contribution < 1.29 is 0 Å². The molecule has 0 saturated heterocycles. The molecule has 0 aromatic carbocycles. The molecule has 0 saturated carbocycles. The zero-order chi connectivity index (χ0) is 10.0. The first-order valence-electron chi connectivity index (χ1n) is 4.96. The van der Waals surface area contributed by atoms with Crippen molar-refractivity contribution in [2.45, 2.75) is 34.1 Å². The first-order chi connectivity index (χ1) is 6.11. The number of hydrogen-bond donors (Lipinski definition) is 0. The van der Waals surface area contributed by atoms with Crippen molar-refractivity contribution in [3.63, 3.8) is 0 Å². The maximum Gasteiger partial charge on any atom is 0.0365 e. The van der Waals surface area contributed by atoms with Gasteiger partial charge in [0.1, 0.15) is 0 Å². The number of nitrogens with zero attached hydrogens (tertiary/aromatic N) is 1. The molecule has 72 valence electrons. The lowest BCUT2D eigenvalue weighted by Gasteiger charge is -2.32. The Kier molecular flexibility index (Phi) is 2.97. The summed E-state index contributed by atoms with van der Waals surface area (Å²) in [5.41, 5.74) is 5.24. The predicted molar refractivity (Wildman–Crippen MR) is 58.3 cm³/mol. The molecule has 0 fully saturated rings. The molecule has 1 aliphatic rings. The Morgan fingerprint density at radius 3 is 2.38 bits per heavy atom. The Bertz CT molecular complexity index is 281. The summed E-state index contributed by atoms with van der Waals surface area (Å²) in [5, 5.41) is 0. The van der Waals surface area contributed by atoms with E-state index in [1.165, 1.54) is 16.8 Å². The van der Waals surface area contributed by atoms with Gasteiger partial charge in [0.05, 0.1) is 0 Å². The van der Waals surface area contributed by atoms with Crippen LogP contribution < -0.4 is 0 Å². The van der Waals surface area contributed by atoms with Crippen LogP contribution in [0.15, 0.2) is 35.2 Å². The van der Waals surface area contributed by atoms with E-state index in [-0.39, 0.29) is 0 Å². The molecular formula is C12H19N. The molecule has 0 aromatic heterocycles. The van der Waals surface area contributed by atoms with E-state index in [4.69, 9.17) is 0 Å². The second kappa shape index (κ2) is 3.82. The fraction of sp³-hybridized carbons (Fsp3) is 0.500. The van der Waals surface area contributed by atoms with Crippen LogP contribution in [0, 0.1) is 0 Å². The van der Waals surface area contributed by atoms with Gasteiger partial charge >= 0.3 is 0 Å². The predicted octanol–water partition coefficient (Wildman–Crippen LogP) is 3.47. The molecule has 0 aromatic rings. The summed E-state index contributed by atoms with van der Waals surface area (Å²) in [6, 6.07) is 0. The fourth-order valence-electron chi connectivity index (χ4n) is 1.93. The van der Waals surface area contributed by atoms with Crippen molar-refractivity contribution in [2.24, 2.45) is 0 Å². The average Bonchev–Trinajstić information content (AvgIpc) is 2.10. The maximum atomic E-state index is 4.10. The van der Waals surface area contributed by atoms with Crippen molar-refractivity contribution >= 4 is 0 Å². The third kappa shape index (κ3) is 1.69. The Morgan fingerprint density at radius 2 is 1.92 bits per heavy atom. The van der Waals surface area contributed by atoms with E-state index >= 15 is 0 Å². The number of rotatable bonds is 2. The SMILES string of the molecule is C=C1C(C)=CC(C)=C(CC)N1CC. The molecule has 1 rings (SSSR count). The highest BCUT2D eigenvalue weighted by atomic mass is 15.1. The first-order valence-corrected chi connectivity index (χ1v) is 4.96. The van der Waals surface area contributed by atoms with Crippen molar-refractivity contribution in [3.05, 3.63) is 35.2 Å². The van der Waals surface area contributed by atoms with Gasteiger partial charge in [-0.3, -0.25) is 0 Å². The molecule has 1 heterocycles. The molecule has 0 atom stereocenters. The van der Waals surface area contributed by atoms with Gasteiger partial charge in [0.15, 0.2) is 0 Å². The number of hydrogen-bond acceptors (Lipinski definition) is 1. The van der Waals surface area contributed by atoms with Crippen LogP contribution >= 0.6 is 0 Å². The van der Waals surface area contributed by atoms with Gasteiger partial charge in [-0.25, -0.2) is 0 Å². The molecular weight excluding hydrogens is 158 g/mol. The van der Waals surface area contributed by atoms with E-state index in [2.05, 4.69) is 45.2 Å². The normalized spacial score (nSPS) is 18.0. The van der Waals surface area contributed by atoms with E-state index in [1.54, 1.807) is 0 Å². The minimum absolute atomic E-state index is 1.02. The van der Waals surface area contributed by atoms with Crippen LogP contribution in [0.1, 0.15) is 34.1 Å². The summed E-state index contributed by atoms with van der Waals surface area (Å²) in [4.78, 5) is 2.31. The third-order valence-corrected chi connectivity index (χ3v) is 2.65. The first kappa shape index (κ1) is 10.1. The molecule has 0 bridgehead atoms. The highest BCUT2D eigenvalue weighted by Gasteiger charge is 2.17. The summed E-state index contributed by atoms with van der Waals surface area (Å²) < 4.78 is 0. The summed E-state index contributed by atoms with van der Waals surface area (Å²) in [6.07, 6.45) is 3.32. The van der Waals surface area contributed by atoms with Crippen LogP contribution in [-0.2, 0) is 0 Å². The number of likely N-dealkylation sites (N-methyl/N-ethyl adjacent to an activating group) is 1. The zero-order valence-electron chi connectivity index (χ0n) is 9.15. The molecule has 0 amide bonds. The van der Waals surface area contributed by atoms with Crippen molar-refractivity contribution in [1.82, 2.24) is 4.90 Å². The lowest BCUT2D eigenvalue weighted by atomic mass is 10.0. The summed E-state index contributed by atoms with van der Waals surface area (Å²) in [7, 11) is 0. The van der Waals surface area contributed by atoms with Gasteiger partial charge in [-0.15, -0.1) is 0 Å². The molecule has 0 N–H and O–H groups in total. The fourth-order valence-corrected chi connectivity index (χ4v) is 1.93. The zero-order valence-corrected chi connectivity index (χ0v) is 9.15. The lowest BCUT2D eigenvalue weighted by molar-refractivity contribution is 0.435. The monoisotopic (exact) mass is 177 g/mol. The van der Waals surface area contributed by atoms with Gasteiger partial charge in [-0.05, 0) is 38.3 Å². The van der Waals surface area contributed by atoms with Crippen LogP contribution in [-0.4, -0.2) is 11.4 Å². The van der Waals surface area contributed by atoms with Crippen LogP contribution in [0.25, 0.3) is 0 Å². The van der Waals surface area contributed by atoms with E-state index in [0.717, 1.165) is 18.7 Å². The average molecular weight is 177 g/mol. The summed E-state index contributed by atoms with van der Waals surface area (Å²) >= 11 is 0. The van der Waals surface area contributed by atoms with Crippen LogP contribution in [0.2, 0.25) is 0 Å². The van der Waals surface area contributed by atoms with Crippen molar-refractivity contribution in [1.29, 1.82) is 0 Å². The van der Waals surface area contributed by atoms with Gasteiger partial charge in [0, 0.05) is 17.9 Å². The highest BCUT2D eigenvalue weighted by molar-refractivity contribution is 5.42. The molecule has 0 unspecified atom stereocenters. The Labute approximate surface area is 81.4 Å². The molecule has 13 heavy (non-hydrogen) atoms. The molecule has 0 radical (unpaired) electrons. The quantitative estimate of drug-likeness (QED) is 0.624. The van der Waals surface area contributed by atoms with Gasteiger partial charge in [0.2, 0.25) is 0 Å². The van der Waals surface area contributed by atoms with E-state index < -0.39 is 0 Å². The second-order valence-electron chi connectivity index (χ2n) is 3.50. The van der Waals surface area contributed by atoms with Crippen molar-refractivity contribution in [2.75, 3.05) is 6.54 Å². The van der Waals surface area contributed by atoms with Crippen molar-refractivity contribution in [3.8, 4) is 0 Å². The van der Waals surface area contributed by atoms with Gasteiger partial charge < -0.3 is 4.90 Å². The third-order valence-electron chi connectivity index (χ3n) is 2.65. The van der Waals surface area contributed by atoms with Crippen LogP contribution in [0.4, 0.5) is 0 Å². The smallest absolute Gasteiger partial charge is 0.0365 e. The standard InChI is InChI=1S/C12H19N/c1-6-12-10(4)8-9(3)11(5)13(12)7-2/h8H,5-7H2,1-4H3. The Balaban J connectivity index is 3.11. The lowest BCUT2D eigenvalue weighted by Crippen LogP contribution is -2.25. The Hall–Kier alpha value is -0.980. The minimum atomic E-state index is 1.02.